The van der Waals surface area contributed by atoms with E-state index in [4.69, 9.17) is 4.74 Å². The Bertz CT molecular complexity index is 293. The van der Waals surface area contributed by atoms with Gasteiger partial charge in [-0.3, -0.25) is 0 Å². The largest absolute Gasteiger partial charge is 0.480 e. The van der Waals surface area contributed by atoms with Crippen LogP contribution in [0, 0.1) is 0 Å². The van der Waals surface area contributed by atoms with Crippen molar-refractivity contribution in [2.45, 2.75) is 24.3 Å². The van der Waals surface area contributed by atoms with E-state index in [1.54, 1.807) is 25.1 Å². The molecule has 0 aliphatic heterocycles. The Kier molecular flexibility index (Phi) is 3.99. The molecule has 3 nitrogen and oxygen atoms in total. The van der Waals surface area contributed by atoms with Crippen molar-refractivity contribution < 1.29 is 4.74 Å². The van der Waals surface area contributed by atoms with Gasteiger partial charge in [0.1, 0.15) is 0 Å². The van der Waals surface area contributed by atoms with Gasteiger partial charge in [0.15, 0.2) is 5.16 Å². The van der Waals surface area contributed by atoms with Crippen LogP contribution in [0.3, 0.4) is 0 Å². The predicted octanol–water partition coefficient (Wildman–Crippen LogP) is 2.75. The smallest absolute Gasteiger partial charge is 0.231 e. The van der Waals surface area contributed by atoms with E-state index in [1.807, 2.05) is 0 Å². The summed E-state index contributed by atoms with van der Waals surface area (Å²) in [5.74, 6) is 0.582. The molecule has 0 bridgehead atoms. The lowest BCUT2D eigenvalue weighted by Gasteiger charge is -2.05. The van der Waals surface area contributed by atoms with E-state index in [9.17, 15) is 0 Å². The second-order valence-corrected chi connectivity index (χ2v) is 5.07. The molecule has 72 valence electrons. The third-order valence-electron chi connectivity index (χ3n) is 1.22. The molecular weight excluding hydrogens is 252 g/mol. The third-order valence-corrected chi connectivity index (χ3v) is 2.65. The minimum Gasteiger partial charge on any atom is -0.480 e. The molecule has 0 unspecified atom stereocenters. The lowest BCUT2D eigenvalue weighted by atomic mass is 10.6. The van der Waals surface area contributed by atoms with Gasteiger partial charge >= 0.3 is 0 Å². The first kappa shape index (κ1) is 10.8. The minimum atomic E-state index is 0.478. The fourth-order valence-electron chi connectivity index (χ4n) is 0.747. The van der Waals surface area contributed by atoms with Gasteiger partial charge in [-0.15, -0.1) is 0 Å². The van der Waals surface area contributed by atoms with Gasteiger partial charge in [0.05, 0.1) is 11.6 Å². The number of methoxy groups -OCH3 is 1. The van der Waals surface area contributed by atoms with Crippen molar-refractivity contribution >= 4 is 27.7 Å². The summed E-state index contributed by atoms with van der Waals surface area (Å²) in [6, 6.07) is 0. The van der Waals surface area contributed by atoms with Crippen molar-refractivity contribution in [2.75, 3.05) is 7.11 Å². The second-order valence-electron chi connectivity index (χ2n) is 2.68. The fourth-order valence-corrected chi connectivity index (χ4v) is 1.77. The second kappa shape index (κ2) is 4.81. The standard InChI is InChI=1S/C8H11BrN2OS/c1-5(2)13-8-10-4-6(9)7(11-8)12-3/h4-5H,1-3H3. The SMILES string of the molecule is COc1nc(SC(C)C)ncc1Br. The maximum Gasteiger partial charge on any atom is 0.231 e. The summed E-state index contributed by atoms with van der Waals surface area (Å²) in [5, 5.41) is 1.22. The number of aromatic nitrogens is 2. The van der Waals surface area contributed by atoms with E-state index in [2.05, 4.69) is 39.7 Å². The Morgan fingerprint density at radius 1 is 1.54 bits per heavy atom. The number of ether oxygens (including phenoxy) is 1. The van der Waals surface area contributed by atoms with Crippen LogP contribution in [0.4, 0.5) is 0 Å². The van der Waals surface area contributed by atoms with E-state index in [1.165, 1.54) is 0 Å². The summed E-state index contributed by atoms with van der Waals surface area (Å²) in [4.78, 5) is 8.37. The molecule has 0 atom stereocenters. The van der Waals surface area contributed by atoms with Crippen molar-refractivity contribution in [2.24, 2.45) is 0 Å². The Morgan fingerprint density at radius 3 is 2.77 bits per heavy atom. The summed E-state index contributed by atoms with van der Waals surface area (Å²) in [7, 11) is 1.59. The van der Waals surface area contributed by atoms with E-state index < -0.39 is 0 Å². The number of rotatable bonds is 3. The lowest BCUT2D eigenvalue weighted by Crippen LogP contribution is -1.96. The van der Waals surface area contributed by atoms with Crippen LogP contribution in [0.5, 0.6) is 5.88 Å². The van der Waals surface area contributed by atoms with Crippen LogP contribution in [0.15, 0.2) is 15.8 Å². The average Bonchev–Trinajstić information content (AvgIpc) is 2.07. The number of hydrogen-bond acceptors (Lipinski definition) is 4. The van der Waals surface area contributed by atoms with Crippen LogP contribution in [0.1, 0.15) is 13.8 Å². The van der Waals surface area contributed by atoms with E-state index in [0.29, 0.717) is 11.1 Å². The molecule has 1 aromatic heterocycles. The van der Waals surface area contributed by atoms with Crippen LogP contribution in [0.2, 0.25) is 0 Å². The Morgan fingerprint density at radius 2 is 2.23 bits per heavy atom. The quantitative estimate of drug-likeness (QED) is 0.620. The van der Waals surface area contributed by atoms with Gasteiger partial charge < -0.3 is 4.74 Å². The van der Waals surface area contributed by atoms with Crippen LogP contribution >= 0.6 is 27.7 Å². The Hall–Kier alpha value is -0.290. The van der Waals surface area contributed by atoms with Gasteiger partial charge in [0.25, 0.3) is 0 Å². The van der Waals surface area contributed by atoms with Gasteiger partial charge in [0, 0.05) is 11.4 Å². The van der Waals surface area contributed by atoms with Gasteiger partial charge in [-0.2, -0.15) is 4.98 Å². The first-order chi connectivity index (χ1) is 6.13. The third kappa shape index (κ3) is 3.15. The van der Waals surface area contributed by atoms with Crippen molar-refractivity contribution in [1.82, 2.24) is 9.97 Å². The molecule has 5 heteroatoms. The zero-order valence-corrected chi connectivity index (χ0v) is 10.1. The van der Waals surface area contributed by atoms with Gasteiger partial charge in [-0.1, -0.05) is 25.6 Å². The van der Waals surface area contributed by atoms with Crippen molar-refractivity contribution in [3.63, 3.8) is 0 Å². The zero-order chi connectivity index (χ0) is 9.84. The molecule has 0 saturated carbocycles. The van der Waals surface area contributed by atoms with E-state index >= 15 is 0 Å². The van der Waals surface area contributed by atoms with Gasteiger partial charge in [0.2, 0.25) is 5.88 Å². The summed E-state index contributed by atoms with van der Waals surface area (Å²) < 4.78 is 5.84. The first-order valence-electron chi connectivity index (χ1n) is 3.86. The lowest BCUT2D eigenvalue weighted by molar-refractivity contribution is 0.389. The van der Waals surface area contributed by atoms with Crippen molar-refractivity contribution in [3.8, 4) is 5.88 Å². The molecule has 0 N–H and O–H groups in total. The molecule has 0 radical (unpaired) electrons. The Labute approximate surface area is 90.4 Å². The molecule has 13 heavy (non-hydrogen) atoms. The first-order valence-corrected chi connectivity index (χ1v) is 5.54. The zero-order valence-electron chi connectivity index (χ0n) is 7.74. The molecule has 0 aliphatic rings. The van der Waals surface area contributed by atoms with E-state index in [0.717, 1.165) is 9.63 Å². The molecule has 1 heterocycles. The van der Waals surface area contributed by atoms with Crippen LogP contribution < -0.4 is 4.74 Å². The number of nitrogens with zero attached hydrogens (tertiary/aromatic N) is 2. The normalized spacial score (nSPS) is 10.5. The number of thioether (sulfide) groups is 1. The highest BCUT2D eigenvalue weighted by atomic mass is 79.9. The van der Waals surface area contributed by atoms with Crippen LogP contribution in [-0.4, -0.2) is 22.3 Å². The van der Waals surface area contributed by atoms with Crippen LogP contribution in [-0.2, 0) is 0 Å². The Balaban J connectivity index is 2.86. The molecule has 1 rings (SSSR count). The molecule has 1 aromatic rings. The molecular formula is C8H11BrN2OS. The molecule has 0 spiro atoms. The van der Waals surface area contributed by atoms with Crippen LogP contribution in [0.25, 0.3) is 0 Å². The van der Waals surface area contributed by atoms with Crippen molar-refractivity contribution in [1.29, 1.82) is 0 Å². The van der Waals surface area contributed by atoms with Gasteiger partial charge in [-0.25, -0.2) is 4.98 Å². The average molecular weight is 263 g/mol. The molecule has 0 aliphatic carbocycles. The molecule has 0 fully saturated rings. The highest BCUT2D eigenvalue weighted by Crippen LogP contribution is 2.25. The summed E-state index contributed by atoms with van der Waals surface area (Å²) in [6.45, 7) is 4.20. The summed E-state index contributed by atoms with van der Waals surface area (Å²) in [5.41, 5.74) is 0. The monoisotopic (exact) mass is 262 g/mol. The number of halogens is 1. The topological polar surface area (TPSA) is 35.0 Å². The fraction of sp³-hybridized carbons (Fsp3) is 0.500. The maximum atomic E-state index is 5.06. The highest BCUT2D eigenvalue weighted by molar-refractivity contribution is 9.10. The highest BCUT2D eigenvalue weighted by Gasteiger charge is 2.06. The number of hydrogen-bond donors (Lipinski definition) is 0. The van der Waals surface area contributed by atoms with Gasteiger partial charge in [-0.05, 0) is 15.9 Å². The van der Waals surface area contributed by atoms with Crippen molar-refractivity contribution in [3.05, 3.63) is 10.7 Å². The predicted molar refractivity (Wildman–Crippen MR) is 57.3 cm³/mol. The molecule has 0 saturated heterocycles. The summed E-state index contributed by atoms with van der Waals surface area (Å²) in [6.07, 6.45) is 1.70. The molecule has 0 aromatic carbocycles. The molecule has 0 amide bonds. The minimum absolute atomic E-state index is 0.478. The maximum absolute atomic E-state index is 5.06. The summed E-state index contributed by atoms with van der Waals surface area (Å²) >= 11 is 4.91. The van der Waals surface area contributed by atoms with E-state index in [-0.39, 0.29) is 0 Å².